The molecule has 2 aliphatic heterocycles. The van der Waals surface area contributed by atoms with E-state index in [1.165, 1.54) is 0 Å². The summed E-state index contributed by atoms with van der Waals surface area (Å²) in [5, 5.41) is 20.7. The van der Waals surface area contributed by atoms with Crippen molar-refractivity contribution in [2.24, 2.45) is 5.92 Å². The summed E-state index contributed by atoms with van der Waals surface area (Å²) in [5.41, 5.74) is 1.83. The van der Waals surface area contributed by atoms with Crippen molar-refractivity contribution < 1.29 is 24.5 Å². The highest BCUT2D eigenvalue weighted by atomic mass is 16.5. The lowest BCUT2D eigenvalue weighted by atomic mass is 9.83. The van der Waals surface area contributed by atoms with Gasteiger partial charge in [0.25, 0.3) is 11.8 Å². The van der Waals surface area contributed by atoms with Gasteiger partial charge in [0, 0.05) is 23.8 Å². The standard InChI is InChI=1S/C29H28N2O5/c1-20(8-6-7-17-32)29(35)23-9-2-3-10-24(23)30(28(29)34)18-21-13-15-22(16-14-21)31-25-11-4-5-12-26(25)36-19-27(31)33/h2-6,8-16,20,32,35H,7,17-19H2,1H3/b8-6+/t20-,29+/m1/s1. The maximum absolute atomic E-state index is 13.6. The molecule has 7 nitrogen and oxygen atoms in total. The molecule has 0 fully saturated rings. The number of ether oxygens (including phenoxy) is 1. The summed E-state index contributed by atoms with van der Waals surface area (Å²) in [6, 6.07) is 22.2. The number of carbonyl (C=O) groups is 2. The highest BCUT2D eigenvalue weighted by Crippen LogP contribution is 2.45. The number of carbonyl (C=O) groups excluding carboxylic acids is 2. The van der Waals surface area contributed by atoms with Crippen molar-refractivity contribution in [1.82, 2.24) is 0 Å². The van der Waals surface area contributed by atoms with Crippen LogP contribution in [0, 0.1) is 5.92 Å². The number of aliphatic hydroxyl groups excluding tert-OH is 1. The molecule has 36 heavy (non-hydrogen) atoms. The number of hydrogen-bond acceptors (Lipinski definition) is 5. The highest BCUT2D eigenvalue weighted by molar-refractivity contribution is 6.07. The molecule has 0 saturated carbocycles. The lowest BCUT2D eigenvalue weighted by Gasteiger charge is -2.29. The van der Waals surface area contributed by atoms with Crippen LogP contribution in [0.3, 0.4) is 0 Å². The van der Waals surface area contributed by atoms with Crippen LogP contribution >= 0.6 is 0 Å². The number of amides is 2. The van der Waals surface area contributed by atoms with Crippen LogP contribution in [-0.4, -0.2) is 35.2 Å². The van der Waals surface area contributed by atoms with E-state index in [1.807, 2.05) is 66.7 Å². The van der Waals surface area contributed by atoms with E-state index in [2.05, 4.69) is 0 Å². The van der Waals surface area contributed by atoms with Gasteiger partial charge in [0.2, 0.25) is 0 Å². The first kappa shape index (κ1) is 23.8. The molecule has 184 valence electrons. The third-order valence-electron chi connectivity index (χ3n) is 6.80. The lowest BCUT2D eigenvalue weighted by Crippen LogP contribution is -2.44. The van der Waals surface area contributed by atoms with Gasteiger partial charge in [-0.25, -0.2) is 0 Å². The first-order chi connectivity index (χ1) is 17.4. The molecule has 0 radical (unpaired) electrons. The van der Waals surface area contributed by atoms with Crippen LogP contribution in [0.4, 0.5) is 17.1 Å². The number of hydrogen-bond donors (Lipinski definition) is 2. The fraction of sp³-hybridized carbons (Fsp3) is 0.241. The number of anilines is 3. The van der Waals surface area contributed by atoms with E-state index in [1.54, 1.807) is 34.9 Å². The topological polar surface area (TPSA) is 90.3 Å². The molecule has 2 atom stereocenters. The Morgan fingerprint density at radius 2 is 1.69 bits per heavy atom. The second-order valence-electron chi connectivity index (χ2n) is 9.06. The summed E-state index contributed by atoms with van der Waals surface area (Å²) in [4.78, 5) is 29.5. The Labute approximate surface area is 209 Å². The molecular formula is C29H28N2O5. The first-order valence-corrected chi connectivity index (χ1v) is 12.0. The van der Waals surface area contributed by atoms with Gasteiger partial charge in [-0.3, -0.25) is 14.5 Å². The molecule has 3 aromatic rings. The second-order valence-corrected chi connectivity index (χ2v) is 9.06. The minimum absolute atomic E-state index is 0.00986. The van der Waals surface area contributed by atoms with Crippen molar-refractivity contribution in [3.63, 3.8) is 0 Å². The lowest BCUT2D eigenvalue weighted by molar-refractivity contribution is -0.139. The smallest absolute Gasteiger partial charge is 0.269 e. The normalized spacial score (nSPS) is 19.9. The third kappa shape index (κ3) is 3.96. The predicted octanol–water partition coefficient (Wildman–Crippen LogP) is 4.05. The van der Waals surface area contributed by atoms with Crippen LogP contribution in [0.15, 0.2) is 84.9 Å². The van der Waals surface area contributed by atoms with Gasteiger partial charge in [-0.1, -0.05) is 61.5 Å². The summed E-state index contributed by atoms with van der Waals surface area (Å²) in [6.07, 6.45) is 4.02. The molecule has 2 N–H and O–H groups in total. The van der Waals surface area contributed by atoms with E-state index in [-0.39, 0.29) is 31.6 Å². The molecule has 3 aromatic carbocycles. The quantitative estimate of drug-likeness (QED) is 0.494. The largest absolute Gasteiger partial charge is 0.482 e. The van der Waals surface area contributed by atoms with Crippen LogP contribution in [0.2, 0.25) is 0 Å². The molecule has 2 heterocycles. The van der Waals surface area contributed by atoms with Crippen LogP contribution in [0.5, 0.6) is 5.75 Å². The SMILES string of the molecule is C[C@H](/C=C/CCO)[C@@]1(O)C(=O)N(Cc2ccc(N3C(=O)COc4ccccc43)cc2)c2ccccc21. The van der Waals surface area contributed by atoms with Crippen LogP contribution in [0.25, 0.3) is 0 Å². The Hall–Kier alpha value is -3.94. The number of aliphatic hydroxyl groups is 2. The molecule has 5 rings (SSSR count). The summed E-state index contributed by atoms with van der Waals surface area (Å²) >= 11 is 0. The zero-order valence-electron chi connectivity index (χ0n) is 20.0. The number of rotatable bonds is 7. The molecule has 0 bridgehead atoms. The number of fused-ring (bicyclic) bond motifs is 2. The number of benzene rings is 3. The summed E-state index contributed by atoms with van der Waals surface area (Å²) in [6.45, 7) is 2.06. The number of para-hydroxylation sites is 3. The molecule has 2 aliphatic rings. The van der Waals surface area contributed by atoms with E-state index >= 15 is 0 Å². The van der Waals surface area contributed by atoms with E-state index in [4.69, 9.17) is 9.84 Å². The Bertz CT molecular complexity index is 1320. The van der Waals surface area contributed by atoms with Gasteiger partial charge in [-0.05, 0) is 42.3 Å². The van der Waals surface area contributed by atoms with Gasteiger partial charge in [0.05, 0.1) is 17.9 Å². The molecule has 0 spiro atoms. The molecule has 0 saturated heterocycles. The average molecular weight is 485 g/mol. The average Bonchev–Trinajstić information content (AvgIpc) is 3.12. The minimum atomic E-state index is -1.69. The maximum Gasteiger partial charge on any atom is 0.269 e. The highest BCUT2D eigenvalue weighted by Gasteiger charge is 2.52. The molecule has 0 aromatic heterocycles. The van der Waals surface area contributed by atoms with Gasteiger partial charge in [0.15, 0.2) is 12.2 Å². The van der Waals surface area contributed by atoms with Crippen molar-refractivity contribution >= 4 is 28.9 Å². The van der Waals surface area contributed by atoms with Crippen LogP contribution in [0.1, 0.15) is 24.5 Å². The van der Waals surface area contributed by atoms with Crippen molar-refractivity contribution in [1.29, 1.82) is 0 Å². The Morgan fingerprint density at radius 3 is 2.44 bits per heavy atom. The molecule has 2 amide bonds. The van der Waals surface area contributed by atoms with E-state index in [0.717, 1.165) is 5.56 Å². The summed E-state index contributed by atoms with van der Waals surface area (Å²) in [7, 11) is 0. The predicted molar refractivity (Wildman–Crippen MR) is 137 cm³/mol. The molecule has 0 aliphatic carbocycles. The molecular weight excluding hydrogens is 456 g/mol. The fourth-order valence-corrected chi connectivity index (χ4v) is 4.89. The van der Waals surface area contributed by atoms with Gasteiger partial charge < -0.3 is 19.8 Å². The monoisotopic (exact) mass is 484 g/mol. The molecule has 7 heteroatoms. The Balaban J connectivity index is 1.41. The number of nitrogens with zero attached hydrogens (tertiary/aromatic N) is 2. The molecule has 0 unspecified atom stereocenters. The van der Waals surface area contributed by atoms with Gasteiger partial charge >= 0.3 is 0 Å². The summed E-state index contributed by atoms with van der Waals surface area (Å²) < 4.78 is 5.54. The van der Waals surface area contributed by atoms with E-state index < -0.39 is 11.5 Å². The third-order valence-corrected chi connectivity index (χ3v) is 6.80. The summed E-state index contributed by atoms with van der Waals surface area (Å²) in [5.74, 6) is -0.357. The van der Waals surface area contributed by atoms with Crippen molar-refractivity contribution in [2.75, 3.05) is 23.0 Å². The van der Waals surface area contributed by atoms with Crippen molar-refractivity contribution in [2.45, 2.75) is 25.5 Å². The van der Waals surface area contributed by atoms with Crippen LogP contribution < -0.4 is 14.5 Å². The van der Waals surface area contributed by atoms with E-state index in [0.29, 0.717) is 34.8 Å². The van der Waals surface area contributed by atoms with E-state index in [9.17, 15) is 14.7 Å². The fourth-order valence-electron chi connectivity index (χ4n) is 4.89. The Morgan fingerprint density at radius 1 is 1.00 bits per heavy atom. The van der Waals surface area contributed by atoms with Crippen molar-refractivity contribution in [3.05, 3.63) is 96.1 Å². The second kappa shape index (κ2) is 9.60. The van der Waals surface area contributed by atoms with Crippen molar-refractivity contribution in [3.8, 4) is 5.75 Å². The van der Waals surface area contributed by atoms with Gasteiger partial charge in [-0.2, -0.15) is 0 Å². The minimum Gasteiger partial charge on any atom is -0.482 e. The zero-order valence-corrected chi connectivity index (χ0v) is 20.0. The van der Waals surface area contributed by atoms with Crippen LogP contribution in [-0.2, 0) is 21.7 Å². The maximum atomic E-state index is 13.6. The van der Waals surface area contributed by atoms with Gasteiger partial charge in [0.1, 0.15) is 5.75 Å². The zero-order chi connectivity index (χ0) is 25.3. The van der Waals surface area contributed by atoms with Gasteiger partial charge in [-0.15, -0.1) is 0 Å². The first-order valence-electron chi connectivity index (χ1n) is 12.0. The Kier molecular flexibility index (Phi) is 6.35.